The molecule has 0 aliphatic heterocycles. The number of carbonyl (C=O) groups is 1. The fraction of sp³-hybridized carbons (Fsp3) is 0.435. The summed E-state index contributed by atoms with van der Waals surface area (Å²) in [5, 5.41) is 0. The van der Waals surface area contributed by atoms with E-state index in [1.54, 1.807) is 0 Å². The van der Waals surface area contributed by atoms with Gasteiger partial charge in [0.05, 0.1) is 0 Å². The molecule has 0 saturated heterocycles. The Morgan fingerprint density at radius 1 is 1.08 bits per heavy atom. The highest BCUT2D eigenvalue weighted by atomic mass is 16.5. The second-order valence-electron chi connectivity index (χ2n) is 7.13. The van der Waals surface area contributed by atoms with Crippen molar-refractivity contribution < 1.29 is 9.53 Å². The molecule has 0 radical (unpaired) electrons. The average molecular weight is 351 g/mol. The topological polar surface area (TPSA) is 29.5 Å². The van der Waals surface area contributed by atoms with Gasteiger partial charge >= 0.3 is 0 Å². The third-order valence-electron chi connectivity index (χ3n) is 5.30. The lowest BCUT2D eigenvalue weighted by molar-refractivity contribution is -0.160. The SMILES string of the molecule is CCC(OCCCc1ccccc1)(C(=O)N(C)C1CC1)c1ccccc1. The molecule has 0 spiro atoms. The molecule has 0 N–H and O–H groups in total. The molecule has 2 aromatic carbocycles. The number of hydrogen-bond acceptors (Lipinski definition) is 2. The predicted octanol–water partition coefficient (Wildman–Crippen LogP) is 4.56. The maximum Gasteiger partial charge on any atom is 0.259 e. The zero-order valence-electron chi connectivity index (χ0n) is 15.9. The van der Waals surface area contributed by atoms with E-state index in [0.717, 1.165) is 31.2 Å². The van der Waals surface area contributed by atoms with E-state index >= 15 is 0 Å². The summed E-state index contributed by atoms with van der Waals surface area (Å²) < 4.78 is 6.36. The summed E-state index contributed by atoms with van der Waals surface area (Å²) in [6.07, 6.45) is 4.70. The molecule has 1 atom stereocenters. The zero-order chi connectivity index (χ0) is 18.4. The summed E-state index contributed by atoms with van der Waals surface area (Å²) in [5.41, 5.74) is 1.38. The summed E-state index contributed by atoms with van der Waals surface area (Å²) in [7, 11) is 1.92. The van der Waals surface area contributed by atoms with Crippen molar-refractivity contribution in [2.75, 3.05) is 13.7 Å². The molecule has 0 aromatic heterocycles. The lowest BCUT2D eigenvalue weighted by Crippen LogP contribution is -2.48. The maximum absolute atomic E-state index is 13.3. The molecule has 3 heteroatoms. The summed E-state index contributed by atoms with van der Waals surface area (Å²) in [6, 6.07) is 20.8. The molecule has 1 fully saturated rings. The highest BCUT2D eigenvalue weighted by molar-refractivity contribution is 5.87. The number of rotatable bonds is 9. The van der Waals surface area contributed by atoms with Crippen molar-refractivity contribution in [3.63, 3.8) is 0 Å². The molecule has 138 valence electrons. The molecule has 1 saturated carbocycles. The van der Waals surface area contributed by atoms with Crippen molar-refractivity contribution in [2.24, 2.45) is 0 Å². The van der Waals surface area contributed by atoms with Gasteiger partial charge in [-0.15, -0.1) is 0 Å². The van der Waals surface area contributed by atoms with Crippen LogP contribution in [0.4, 0.5) is 0 Å². The van der Waals surface area contributed by atoms with Crippen molar-refractivity contribution in [3.05, 3.63) is 71.8 Å². The second kappa shape index (κ2) is 8.50. The first-order valence-electron chi connectivity index (χ1n) is 9.68. The van der Waals surface area contributed by atoms with Crippen LogP contribution in [0.15, 0.2) is 60.7 Å². The van der Waals surface area contributed by atoms with Gasteiger partial charge in [0.15, 0.2) is 5.60 Å². The van der Waals surface area contributed by atoms with Gasteiger partial charge in [-0.3, -0.25) is 4.79 Å². The van der Waals surface area contributed by atoms with Crippen LogP contribution in [0.5, 0.6) is 0 Å². The number of nitrogens with zero attached hydrogens (tertiary/aromatic N) is 1. The molecule has 3 nitrogen and oxygen atoms in total. The van der Waals surface area contributed by atoms with E-state index in [-0.39, 0.29) is 5.91 Å². The molecule has 1 aliphatic rings. The number of ether oxygens (including phenoxy) is 1. The summed E-state index contributed by atoms with van der Waals surface area (Å²) in [6.45, 7) is 2.62. The molecule has 26 heavy (non-hydrogen) atoms. The van der Waals surface area contributed by atoms with Crippen LogP contribution in [0.25, 0.3) is 0 Å². The number of amides is 1. The number of hydrogen-bond donors (Lipinski definition) is 0. The quantitative estimate of drug-likeness (QED) is 0.620. The van der Waals surface area contributed by atoms with Gasteiger partial charge in [0.25, 0.3) is 5.91 Å². The minimum atomic E-state index is -0.880. The largest absolute Gasteiger partial charge is 0.360 e. The van der Waals surface area contributed by atoms with Crippen molar-refractivity contribution in [1.29, 1.82) is 0 Å². The van der Waals surface area contributed by atoms with E-state index in [0.29, 0.717) is 19.1 Å². The van der Waals surface area contributed by atoms with Crippen LogP contribution in [-0.4, -0.2) is 30.5 Å². The van der Waals surface area contributed by atoms with Gasteiger partial charge in [-0.2, -0.15) is 0 Å². The fourth-order valence-electron chi connectivity index (χ4n) is 3.51. The monoisotopic (exact) mass is 351 g/mol. The Morgan fingerprint density at radius 3 is 2.27 bits per heavy atom. The number of benzene rings is 2. The fourth-order valence-corrected chi connectivity index (χ4v) is 3.51. The molecule has 1 amide bonds. The molecule has 0 bridgehead atoms. The highest BCUT2D eigenvalue weighted by Crippen LogP contribution is 2.36. The normalized spacial score (nSPS) is 16.1. The van der Waals surface area contributed by atoms with Crippen molar-refractivity contribution in [1.82, 2.24) is 4.90 Å². The van der Waals surface area contributed by atoms with Crippen LogP contribution in [0.3, 0.4) is 0 Å². The Bertz CT molecular complexity index is 697. The first kappa shape index (κ1) is 18.7. The molecular formula is C23H29NO2. The van der Waals surface area contributed by atoms with E-state index in [1.165, 1.54) is 5.56 Å². The molecule has 2 aromatic rings. The Hall–Kier alpha value is -2.13. The van der Waals surface area contributed by atoms with Gasteiger partial charge in [-0.1, -0.05) is 67.6 Å². The van der Waals surface area contributed by atoms with Crippen molar-refractivity contribution in [3.8, 4) is 0 Å². The average Bonchev–Trinajstić information content (AvgIpc) is 3.54. The minimum absolute atomic E-state index is 0.0911. The van der Waals surface area contributed by atoms with Crippen molar-refractivity contribution in [2.45, 2.75) is 50.7 Å². The predicted molar refractivity (Wildman–Crippen MR) is 105 cm³/mol. The second-order valence-corrected chi connectivity index (χ2v) is 7.13. The molecule has 0 heterocycles. The minimum Gasteiger partial charge on any atom is -0.360 e. The number of aryl methyl sites for hydroxylation is 1. The number of likely N-dealkylation sites (N-methyl/N-ethyl adjacent to an activating group) is 1. The smallest absolute Gasteiger partial charge is 0.259 e. The van der Waals surface area contributed by atoms with E-state index in [9.17, 15) is 4.79 Å². The van der Waals surface area contributed by atoms with Crippen LogP contribution >= 0.6 is 0 Å². The zero-order valence-corrected chi connectivity index (χ0v) is 15.9. The van der Waals surface area contributed by atoms with E-state index in [4.69, 9.17) is 4.74 Å². The first-order valence-corrected chi connectivity index (χ1v) is 9.68. The highest BCUT2D eigenvalue weighted by Gasteiger charge is 2.44. The summed E-state index contributed by atoms with van der Waals surface area (Å²) in [5.74, 6) is 0.0911. The third-order valence-corrected chi connectivity index (χ3v) is 5.30. The van der Waals surface area contributed by atoms with Crippen LogP contribution < -0.4 is 0 Å². The Morgan fingerprint density at radius 2 is 1.69 bits per heavy atom. The maximum atomic E-state index is 13.3. The Kier molecular flexibility index (Phi) is 6.10. The van der Waals surface area contributed by atoms with Gasteiger partial charge < -0.3 is 9.64 Å². The standard InChI is InChI=1S/C23H29NO2/c1-3-23(20-14-8-5-9-15-20,22(25)24(2)21-16-17-21)26-18-10-13-19-11-6-4-7-12-19/h4-9,11-12,14-15,21H,3,10,13,16-18H2,1-2H3. The molecule has 3 rings (SSSR count). The van der Waals surface area contributed by atoms with Gasteiger partial charge in [0, 0.05) is 19.7 Å². The Labute approximate surface area is 157 Å². The van der Waals surface area contributed by atoms with Gasteiger partial charge in [0.2, 0.25) is 0 Å². The molecular weight excluding hydrogens is 322 g/mol. The molecule has 1 aliphatic carbocycles. The van der Waals surface area contributed by atoms with Crippen molar-refractivity contribution >= 4 is 5.91 Å². The van der Waals surface area contributed by atoms with Crippen LogP contribution in [0.2, 0.25) is 0 Å². The van der Waals surface area contributed by atoms with Crippen LogP contribution in [0, 0.1) is 0 Å². The van der Waals surface area contributed by atoms with Gasteiger partial charge in [-0.05, 0) is 43.2 Å². The number of carbonyl (C=O) groups excluding carboxylic acids is 1. The van der Waals surface area contributed by atoms with E-state index in [2.05, 4.69) is 24.3 Å². The van der Waals surface area contributed by atoms with E-state index in [1.807, 2.05) is 55.3 Å². The van der Waals surface area contributed by atoms with Crippen LogP contribution in [-0.2, 0) is 21.6 Å². The summed E-state index contributed by atoms with van der Waals surface area (Å²) in [4.78, 5) is 15.2. The van der Waals surface area contributed by atoms with Gasteiger partial charge in [-0.25, -0.2) is 0 Å². The lowest BCUT2D eigenvalue weighted by Gasteiger charge is -2.36. The van der Waals surface area contributed by atoms with Crippen LogP contribution in [0.1, 0.15) is 43.7 Å². The third kappa shape index (κ3) is 4.16. The first-order chi connectivity index (χ1) is 12.7. The lowest BCUT2D eigenvalue weighted by atomic mass is 9.89. The van der Waals surface area contributed by atoms with E-state index < -0.39 is 5.60 Å². The molecule has 1 unspecified atom stereocenters. The van der Waals surface area contributed by atoms with Gasteiger partial charge in [0.1, 0.15) is 0 Å². The summed E-state index contributed by atoms with van der Waals surface area (Å²) >= 11 is 0. The Balaban J connectivity index is 1.72.